The molecule has 1 N–H and O–H groups in total. The van der Waals surface area contributed by atoms with Crippen LogP contribution >= 0.6 is 15.9 Å². The summed E-state index contributed by atoms with van der Waals surface area (Å²) in [7, 11) is -4.01. The van der Waals surface area contributed by atoms with Crippen molar-refractivity contribution in [1.82, 2.24) is 9.62 Å². The van der Waals surface area contributed by atoms with Gasteiger partial charge in [0.2, 0.25) is 10.0 Å². The van der Waals surface area contributed by atoms with Crippen LogP contribution in [0.15, 0.2) is 45.8 Å². The summed E-state index contributed by atoms with van der Waals surface area (Å²) in [6.45, 7) is 0.709. The highest BCUT2D eigenvalue weighted by atomic mass is 79.9. The summed E-state index contributed by atoms with van der Waals surface area (Å²) in [5.74, 6) is -1.91. The minimum absolute atomic E-state index is 0.0181. The zero-order valence-corrected chi connectivity index (χ0v) is 17.3. The Morgan fingerprint density at radius 1 is 1.07 bits per heavy atom. The van der Waals surface area contributed by atoms with Crippen LogP contribution < -0.4 is 5.32 Å². The first-order chi connectivity index (χ1) is 13.3. The van der Waals surface area contributed by atoms with Gasteiger partial charge < -0.3 is 5.32 Å². The number of amides is 1. The van der Waals surface area contributed by atoms with E-state index in [9.17, 15) is 22.0 Å². The number of carbonyl (C=O) groups excluding carboxylic acids is 1. The number of halogens is 3. The van der Waals surface area contributed by atoms with Crippen molar-refractivity contribution in [2.24, 2.45) is 0 Å². The van der Waals surface area contributed by atoms with Crippen LogP contribution in [0.1, 0.15) is 35.2 Å². The molecular formula is C19H19BrF2N2O3S. The zero-order valence-electron chi connectivity index (χ0n) is 14.9. The van der Waals surface area contributed by atoms with Gasteiger partial charge in [0.05, 0.1) is 0 Å². The number of piperidine rings is 1. The van der Waals surface area contributed by atoms with Gasteiger partial charge in [-0.05, 0) is 54.8 Å². The molecule has 5 nitrogen and oxygen atoms in total. The van der Waals surface area contributed by atoms with Crippen LogP contribution in [0.5, 0.6) is 0 Å². The number of nitrogens with one attached hydrogen (secondary N) is 1. The second-order valence-electron chi connectivity index (χ2n) is 6.53. The molecule has 2 aromatic carbocycles. The fourth-order valence-electron chi connectivity index (χ4n) is 3.04. The van der Waals surface area contributed by atoms with Crippen molar-refractivity contribution < 1.29 is 22.0 Å². The lowest BCUT2D eigenvalue weighted by Crippen LogP contribution is -2.36. The third kappa shape index (κ3) is 4.59. The Kier molecular flexibility index (Phi) is 6.47. The molecule has 9 heteroatoms. The lowest BCUT2D eigenvalue weighted by Gasteiger charge is -2.26. The van der Waals surface area contributed by atoms with Gasteiger partial charge in [-0.2, -0.15) is 4.31 Å². The van der Waals surface area contributed by atoms with E-state index in [0.29, 0.717) is 23.1 Å². The molecule has 0 aliphatic carbocycles. The average molecular weight is 473 g/mol. The Bertz CT molecular complexity index is 993. The van der Waals surface area contributed by atoms with Gasteiger partial charge in [-0.3, -0.25) is 4.79 Å². The molecule has 0 aromatic heterocycles. The highest BCUT2D eigenvalue weighted by molar-refractivity contribution is 9.10. The first-order valence-corrected chi connectivity index (χ1v) is 11.0. The Hall–Kier alpha value is -1.84. The number of rotatable bonds is 5. The van der Waals surface area contributed by atoms with E-state index in [-0.39, 0.29) is 12.1 Å². The molecule has 28 heavy (non-hydrogen) atoms. The maximum atomic E-state index is 14.2. The topological polar surface area (TPSA) is 66.5 Å². The fraction of sp³-hybridized carbons (Fsp3) is 0.316. The fourth-order valence-corrected chi connectivity index (χ4v) is 5.04. The van der Waals surface area contributed by atoms with Crippen molar-refractivity contribution in [3.63, 3.8) is 0 Å². The van der Waals surface area contributed by atoms with Gasteiger partial charge in [0.25, 0.3) is 5.91 Å². The molecule has 1 aliphatic heterocycles. The van der Waals surface area contributed by atoms with E-state index in [2.05, 4.69) is 21.2 Å². The largest absolute Gasteiger partial charge is 0.348 e. The van der Waals surface area contributed by atoms with E-state index >= 15 is 0 Å². The summed E-state index contributed by atoms with van der Waals surface area (Å²) in [6.07, 6.45) is 2.39. The maximum absolute atomic E-state index is 14.2. The van der Waals surface area contributed by atoms with Gasteiger partial charge in [0.15, 0.2) is 0 Å². The molecule has 0 bridgehead atoms. The Morgan fingerprint density at radius 2 is 1.79 bits per heavy atom. The zero-order chi connectivity index (χ0) is 20.3. The van der Waals surface area contributed by atoms with E-state index < -0.39 is 32.5 Å². The molecule has 0 atom stereocenters. The van der Waals surface area contributed by atoms with Gasteiger partial charge in [0, 0.05) is 29.7 Å². The van der Waals surface area contributed by atoms with Gasteiger partial charge >= 0.3 is 0 Å². The normalized spacial score (nSPS) is 15.4. The molecule has 0 spiro atoms. The number of sulfonamides is 1. The Morgan fingerprint density at radius 3 is 2.50 bits per heavy atom. The second-order valence-corrected chi connectivity index (χ2v) is 9.29. The minimum Gasteiger partial charge on any atom is -0.348 e. The molecule has 2 aromatic rings. The molecule has 1 fully saturated rings. The molecule has 1 amide bonds. The van der Waals surface area contributed by atoms with Gasteiger partial charge in [-0.1, -0.05) is 22.4 Å². The van der Waals surface area contributed by atoms with Crippen molar-refractivity contribution in [2.45, 2.75) is 30.7 Å². The molecule has 3 rings (SSSR count). The van der Waals surface area contributed by atoms with Crippen molar-refractivity contribution in [3.8, 4) is 0 Å². The van der Waals surface area contributed by atoms with Crippen LogP contribution in [-0.4, -0.2) is 31.7 Å². The molecule has 1 saturated heterocycles. The smallest absolute Gasteiger partial charge is 0.251 e. The first-order valence-electron chi connectivity index (χ1n) is 8.81. The average Bonchev–Trinajstić information content (AvgIpc) is 2.69. The molecule has 150 valence electrons. The van der Waals surface area contributed by atoms with Crippen molar-refractivity contribution in [2.75, 3.05) is 13.1 Å². The lowest BCUT2D eigenvalue weighted by atomic mass is 10.2. The SMILES string of the molecule is O=C(NCc1cc(F)ccc1Br)c1ccc(F)c(S(=O)(=O)N2CCCCC2)c1. The summed E-state index contributed by atoms with van der Waals surface area (Å²) in [6, 6.07) is 7.34. The monoisotopic (exact) mass is 472 g/mol. The standard InChI is InChI=1S/C19H19BrF2N2O3S/c20-16-6-5-15(21)10-14(16)12-23-19(25)13-4-7-17(22)18(11-13)28(26,27)24-8-2-1-3-9-24/h4-7,10-11H,1-3,8-9,12H2,(H,23,25). The van der Waals surface area contributed by atoms with E-state index in [4.69, 9.17) is 0 Å². The predicted molar refractivity (Wildman–Crippen MR) is 104 cm³/mol. The van der Waals surface area contributed by atoms with Crippen LogP contribution in [0.4, 0.5) is 8.78 Å². The molecule has 0 unspecified atom stereocenters. The van der Waals surface area contributed by atoms with Crippen molar-refractivity contribution in [3.05, 3.63) is 63.6 Å². The van der Waals surface area contributed by atoms with Gasteiger partial charge in [-0.15, -0.1) is 0 Å². The predicted octanol–water partition coefficient (Wildman–Crippen LogP) is 3.83. The molecule has 1 aliphatic rings. The third-order valence-electron chi connectivity index (χ3n) is 4.57. The number of carbonyl (C=O) groups is 1. The summed E-state index contributed by atoms with van der Waals surface area (Å²) < 4.78 is 55.0. The van der Waals surface area contributed by atoms with E-state index in [1.807, 2.05) is 0 Å². The number of nitrogens with zero attached hydrogens (tertiary/aromatic N) is 1. The van der Waals surface area contributed by atoms with Gasteiger partial charge in [0.1, 0.15) is 16.5 Å². The van der Waals surface area contributed by atoms with Crippen molar-refractivity contribution in [1.29, 1.82) is 0 Å². The molecular weight excluding hydrogens is 454 g/mol. The van der Waals surface area contributed by atoms with Crippen molar-refractivity contribution >= 4 is 31.9 Å². The van der Waals surface area contributed by atoms with E-state index in [0.717, 1.165) is 31.4 Å². The van der Waals surface area contributed by atoms with Crippen LogP contribution in [0.2, 0.25) is 0 Å². The Balaban J connectivity index is 1.80. The Labute approximate surface area is 170 Å². The van der Waals surface area contributed by atoms with Crippen LogP contribution in [0.25, 0.3) is 0 Å². The lowest BCUT2D eigenvalue weighted by molar-refractivity contribution is 0.0950. The summed E-state index contributed by atoms with van der Waals surface area (Å²) in [5, 5.41) is 2.59. The van der Waals surface area contributed by atoms with E-state index in [1.54, 1.807) is 0 Å². The number of hydrogen-bond donors (Lipinski definition) is 1. The minimum atomic E-state index is -4.01. The third-order valence-corrected chi connectivity index (χ3v) is 7.26. The van der Waals surface area contributed by atoms with Crippen LogP contribution in [-0.2, 0) is 16.6 Å². The summed E-state index contributed by atoms with van der Waals surface area (Å²) in [5.41, 5.74) is 0.543. The molecule has 0 saturated carbocycles. The van der Waals surface area contributed by atoms with E-state index in [1.165, 1.54) is 28.6 Å². The van der Waals surface area contributed by atoms with Crippen LogP contribution in [0.3, 0.4) is 0 Å². The quantitative estimate of drug-likeness (QED) is 0.718. The van der Waals surface area contributed by atoms with Gasteiger partial charge in [-0.25, -0.2) is 17.2 Å². The maximum Gasteiger partial charge on any atom is 0.251 e. The second kappa shape index (κ2) is 8.67. The number of hydrogen-bond acceptors (Lipinski definition) is 3. The van der Waals surface area contributed by atoms with Crippen LogP contribution in [0, 0.1) is 11.6 Å². The highest BCUT2D eigenvalue weighted by Gasteiger charge is 2.29. The first kappa shape index (κ1) is 20.9. The molecule has 1 heterocycles. The highest BCUT2D eigenvalue weighted by Crippen LogP contribution is 2.24. The number of benzene rings is 2. The molecule has 0 radical (unpaired) electrons. The summed E-state index contributed by atoms with van der Waals surface area (Å²) >= 11 is 3.28. The summed E-state index contributed by atoms with van der Waals surface area (Å²) in [4.78, 5) is 11.9.